The van der Waals surface area contributed by atoms with Gasteiger partial charge in [0.25, 0.3) is 0 Å². The van der Waals surface area contributed by atoms with Crippen molar-refractivity contribution in [3.8, 4) is 0 Å². The van der Waals surface area contributed by atoms with Crippen LogP contribution in [0.2, 0.25) is 0 Å². The normalized spacial score (nSPS) is 11.6. The van der Waals surface area contributed by atoms with E-state index in [1.807, 2.05) is 0 Å². The van der Waals surface area contributed by atoms with Gasteiger partial charge in [-0.25, -0.2) is 4.39 Å². The number of hydrogen-bond donors (Lipinski definition) is 0. The molecule has 0 bridgehead atoms. The van der Waals surface area contributed by atoms with Crippen LogP contribution in [0.25, 0.3) is 0 Å². The van der Waals surface area contributed by atoms with Crippen molar-refractivity contribution >= 4 is 21.7 Å². The number of benzene rings is 1. The fourth-order valence-corrected chi connectivity index (χ4v) is 1.94. The summed E-state index contributed by atoms with van der Waals surface area (Å²) in [6.45, 7) is 6.20. The molecule has 1 aromatic carbocycles. The highest BCUT2D eigenvalue weighted by Crippen LogP contribution is 2.25. The van der Waals surface area contributed by atoms with E-state index in [9.17, 15) is 9.18 Å². The van der Waals surface area contributed by atoms with Gasteiger partial charge < -0.3 is 0 Å². The number of carbonyl (C=O) groups is 1. The summed E-state index contributed by atoms with van der Waals surface area (Å²) in [5, 5.41) is 0. The Bertz CT molecular complexity index is 373. The fourth-order valence-electron chi connectivity index (χ4n) is 1.38. The third-order valence-electron chi connectivity index (χ3n) is 2.34. The minimum absolute atomic E-state index is 0.0907. The van der Waals surface area contributed by atoms with Crippen molar-refractivity contribution in [2.24, 2.45) is 5.41 Å². The second-order valence-electron chi connectivity index (χ2n) is 5.08. The number of carbonyl (C=O) groups excluding carboxylic acids is 1. The number of halogens is 2. The Hall–Kier alpha value is -0.700. The zero-order valence-electron chi connectivity index (χ0n) is 9.81. The van der Waals surface area contributed by atoms with E-state index in [1.54, 1.807) is 12.1 Å². The van der Waals surface area contributed by atoms with Gasteiger partial charge in [0.15, 0.2) is 5.78 Å². The molecule has 3 heteroatoms. The average Bonchev–Trinajstić information content (AvgIpc) is 2.13. The molecular weight excluding hydrogens is 271 g/mol. The summed E-state index contributed by atoms with van der Waals surface area (Å²) in [6, 6.07) is 4.59. The predicted molar refractivity (Wildman–Crippen MR) is 67.1 cm³/mol. The van der Waals surface area contributed by atoms with Crippen molar-refractivity contribution < 1.29 is 9.18 Å². The monoisotopic (exact) mass is 286 g/mol. The molecule has 0 aliphatic rings. The van der Waals surface area contributed by atoms with Gasteiger partial charge in [-0.3, -0.25) is 4.79 Å². The molecule has 1 rings (SSSR count). The molecule has 0 radical (unpaired) electrons. The van der Waals surface area contributed by atoms with E-state index in [0.29, 0.717) is 10.9 Å². The molecule has 1 nitrogen and oxygen atoms in total. The SMILES string of the molecule is CC(C)(C)CCC(=O)c1c(F)cccc1Br. The molecule has 0 aromatic heterocycles. The molecule has 0 amide bonds. The van der Waals surface area contributed by atoms with Crippen LogP contribution in [-0.2, 0) is 0 Å². The van der Waals surface area contributed by atoms with Crippen LogP contribution in [0.4, 0.5) is 4.39 Å². The van der Waals surface area contributed by atoms with E-state index in [1.165, 1.54) is 6.07 Å². The van der Waals surface area contributed by atoms with Gasteiger partial charge in [0.2, 0.25) is 0 Å². The van der Waals surface area contributed by atoms with E-state index in [2.05, 4.69) is 36.7 Å². The van der Waals surface area contributed by atoms with Gasteiger partial charge in [-0.05, 0) is 39.9 Å². The summed E-state index contributed by atoms with van der Waals surface area (Å²) in [4.78, 5) is 11.9. The smallest absolute Gasteiger partial charge is 0.166 e. The number of hydrogen-bond acceptors (Lipinski definition) is 1. The van der Waals surface area contributed by atoms with Crippen LogP contribution < -0.4 is 0 Å². The lowest BCUT2D eigenvalue weighted by Gasteiger charge is -2.17. The van der Waals surface area contributed by atoms with Gasteiger partial charge >= 0.3 is 0 Å². The van der Waals surface area contributed by atoms with Crippen LogP contribution >= 0.6 is 15.9 Å². The second-order valence-corrected chi connectivity index (χ2v) is 5.93. The molecule has 0 aliphatic heterocycles. The molecule has 0 fully saturated rings. The van der Waals surface area contributed by atoms with E-state index in [-0.39, 0.29) is 16.8 Å². The molecule has 0 saturated carbocycles. The first-order valence-corrected chi connectivity index (χ1v) is 6.08. The Kier molecular flexibility index (Phi) is 4.25. The lowest BCUT2D eigenvalue weighted by Crippen LogP contribution is -2.10. The van der Waals surface area contributed by atoms with Crippen LogP contribution in [0.15, 0.2) is 22.7 Å². The summed E-state index contributed by atoms with van der Waals surface area (Å²) in [7, 11) is 0. The van der Waals surface area contributed by atoms with Gasteiger partial charge in [0.1, 0.15) is 5.82 Å². The molecule has 0 heterocycles. The largest absolute Gasteiger partial charge is 0.294 e. The third-order valence-corrected chi connectivity index (χ3v) is 3.00. The van der Waals surface area contributed by atoms with Gasteiger partial charge in [-0.15, -0.1) is 0 Å². The van der Waals surface area contributed by atoms with E-state index < -0.39 is 5.82 Å². The van der Waals surface area contributed by atoms with Crippen molar-refractivity contribution in [3.05, 3.63) is 34.1 Å². The van der Waals surface area contributed by atoms with E-state index >= 15 is 0 Å². The van der Waals surface area contributed by atoms with Crippen LogP contribution in [-0.4, -0.2) is 5.78 Å². The summed E-state index contributed by atoms with van der Waals surface area (Å²) in [6.07, 6.45) is 1.13. The topological polar surface area (TPSA) is 17.1 Å². The molecule has 1 aromatic rings. The third kappa shape index (κ3) is 3.71. The first kappa shape index (κ1) is 13.4. The minimum atomic E-state index is -0.451. The molecule has 0 atom stereocenters. The Labute approximate surface area is 104 Å². The zero-order chi connectivity index (χ0) is 12.3. The standard InChI is InChI=1S/C13H16BrFO/c1-13(2,3)8-7-11(16)12-9(14)5-4-6-10(12)15/h4-6H,7-8H2,1-3H3. The molecule has 0 saturated heterocycles. The summed E-state index contributed by atoms with van der Waals surface area (Å²) in [5.74, 6) is -0.590. The van der Waals surface area contributed by atoms with Crippen molar-refractivity contribution in [3.63, 3.8) is 0 Å². The Balaban J connectivity index is 2.81. The van der Waals surface area contributed by atoms with Gasteiger partial charge in [-0.2, -0.15) is 0 Å². The summed E-state index contributed by atoms with van der Waals surface area (Å²) < 4.78 is 14.0. The quantitative estimate of drug-likeness (QED) is 0.743. The van der Waals surface area contributed by atoms with E-state index in [4.69, 9.17) is 0 Å². The number of Topliss-reactive ketones (excluding diaryl/α,β-unsaturated/α-hetero) is 1. The number of ketones is 1. The van der Waals surface area contributed by atoms with Crippen molar-refractivity contribution in [1.29, 1.82) is 0 Å². The second kappa shape index (κ2) is 5.09. The van der Waals surface area contributed by atoms with Crippen molar-refractivity contribution in [2.75, 3.05) is 0 Å². The first-order valence-electron chi connectivity index (χ1n) is 5.28. The van der Waals surface area contributed by atoms with Crippen LogP contribution in [0.1, 0.15) is 44.0 Å². The predicted octanol–water partition coefficient (Wildman–Crippen LogP) is 4.60. The molecule has 0 unspecified atom stereocenters. The van der Waals surface area contributed by atoms with Gasteiger partial charge in [0, 0.05) is 10.9 Å². The Morgan fingerprint density at radius 3 is 2.50 bits per heavy atom. The molecule has 88 valence electrons. The lowest BCUT2D eigenvalue weighted by molar-refractivity contribution is 0.0961. The highest BCUT2D eigenvalue weighted by Gasteiger charge is 2.18. The zero-order valence-corrected chi connectivity index (χ0v) is 11.4. The molecular formula is C13H16BrFO. The van der Waals surface area contributed by atoms with Crippen LogP contribution in [0, 0.1) is 11.2 Å². The molecule has 0 spiro atoms. The minimum Gasteiger partial charge on any atom is -0.294 e. The van der Waals surface area contributed by atoms with Crippen LogP contribution in [0.3, 0.4) is 0 Å². The lowest BCUT2D eigenvalue weighted by atomic mass is 9.88. The molecule has 16 heavy (non-hydrogen) atoms. The Morgan fingerprint density at radius 1 is 1.38 bits per heavy atom. The number of rotatable bonds is 3. The van der Waals surface area contributed by atoms with E-state index in [0.717, 1.165) is 6.42 Å². The molecule has 0 aliphatic carbocycles. The summed E-state index contributed by atoms with van der Waals surface area (Å²) in [5.41, 5.74) is 0.264. The van der Waals surface area contributed by atoms with Gasteiger partial charge in [0.05, 0.1) is 5.56 Å². The highest BCUT2D eigenvalue weighted by atomic mass is 79.9. The van der Waals surface area contributed by atoms with Crippen molar-refractivity contribution in [2.45, 2.75) is 33.6 Å². The Morgan fingerprint density at radius 2 is 2.00 bits per heavy atom. The maximum absolute atomic E-state index is 13.5. The first-order chi connectivity index (χ1) is 7.31. The average molecular weight is 287 g/mol. The van der Waals surface area contributed by atoms with Gasteiger partial charge in [-0.1, -0.05) is 26.8 Å². The highest BCUT2D eigenvalue weighted by molar-refractivity contribution is 9.10. The fraction of sp³-hybridized carbons (Fsp3) is 0.462. The summed E-state index contributed by atoms with van der Waals surface area (Å²) >= 11 is 3.21. The molecule has 0 N–H and O–H groups in total. The maximum Gasteiger partial charge on any atom is 0.166 e. The maximum atomic E-state index is 13.5. The van der Waals surface area contributed by atoms with Crippen LogP contribution in [0.5, 0.6) is 0 Å². The van der Waals surface area contributed by atoms with Crippen molar-refractivity contribution in [1.82, 2.24) is 0 Å².